The third-order valence-electron chi connectivity index (χ3n) is 3.49. The van der Waals surface area contributed by atoms with E-state index in [9.17, 15) is 4.79 Å². The third kappa shape index (κ3) is 6.12. The molecule has 0 atom stereocenters. The highest BCUT2D eigenvalue weighted by atomic mass is 16.1. The number of carbonyl (C=O) groups is 1. The summed E-state index contributed by atoms with van der Waals surface area (Å²) in [5, 5.41) is 6.22. The van der Waals surface area contributed by atoms with Crippen LogP contribution in [-0.2, 0) is 0 Å². The third-order valence-corrected chi connectivity index (χ3v) is 3.49. The van der Waals surface area contributed by atoms with Crippen LogP contribution in [0.2, 0.25) is 0 Å². The van der Waals surface area contributed by atoms with Gasteiger partial charge in [0.2, 0.25) is 0 Å². The first-order valence-corrected chi connectivity index (χ1v) is 7.72. The van der Waals surface area contributed by atoms with Gasteiger partial charge >= 0.3 is 0 Å². The molecule has 1 aromatic heterocycles. The van der Waals surface area contributed by atoms with Crippen LogP contribution in [0.3, 0.4) is 0 Å². The summed E-state index contributed by atoms with van der Waals surface area (Å²) in [7, 11) is 2.10. The van der Waals surface area contributed by atoms with Crippen LogP contribution >= 0.6 is 0 Å². The van der Waals surface area contributed by atoms with E-state index >= 15 is 0 Å². The van der Waals surface area contributed by atoms with E-state index in [0.29, 0.717) is 18.2 Å². The number of nitrogens with one attached hydrogen (secondary N) is 2. The Bertz CT molecular complexity index is 434. The average Bonchev–Trinajstić information content (AvgIpc) is 2.49. The summed E-state index contributed by atoms with van der Waals surface area (Å²) < 4.78 is 0. The van der Waals surface area contributed by atoms with Crippen LogP contribution < -0.4 is 10.6 Å². The monoisotopic (exact) mass is 292 g/mol. The molecule has 1 amide bonds. The second-order valence-corrected chi connectivity index (χ2v) is 5.53. The van der Waals surface area contributed by atoms with E-state index < -0.39 is 0 Å². The summed E-state index contributed by atoms with van der Waals surface area (Å²) in [6, 6.07) is 2.38. The molecule has 21 heavy (non-hydrogen) atoms. The molecule has 0 spiro atoms. The number of pyridine rings is 1. The minimum absolute atomic E-state index is 0.0612. The molecular formula is C16H28N4O. The molecular weight excluding hydrogens is 264 g/mol. The molecule has 0 fully saturated rings. The van der Waals surface area contributed by atoms with Crippen LogP contribution in [0.15, 0.2) is 18.5 Å². The van der Waals surface area contributed by atoms with Gasteiger partial charge < -0.3 is 15.5 Å². The topological polar surface area (TPSA) is 57.3 Å². The number of anilines is 1. The van der Waals surface area contributed by atoms with Gasteiger partial charge in [0.05, 0.1) is 11.3 Å². The Balaban J connectivity index is 2.45. The van der Waals surface area contributed by atoms with Crippen molar-refractivity contribution in [1.29, 1.82) is 0 Å². The molecule has 0 unspecified atom stereocenters. The number of nitrogens with zero attached hydrogens (tertiary/aromatic N) is 2. The minimum atomic E-state index is -0.0612. The van der Waals surface area contributed by atoms with E-state index in [1.165, 1.54) is 0 Å². The Morgan fingerprint density at radius 2 is 2.14 bits per heavy atom. The zero-order valence-electron chi connectivity index (χ0n) is 13.6. The van der Waals surface area contributed by atoms with Crippen molar-refractivity contribution >= 4 is 11.6 Å². The molecule has 2 N–H and O–H groups in total. The standard InChI is InChI=1S/C16H28N4O/c1-5-8-18-15-7-10-17-12-14(15)16(21)19-9-6-11-20(4)13(2)3/h7,10,12-13H,5-6,8-9,11H2,1-4H3,(H,17,18)(H,19,21). The highest BCUT2D eigenvalue weighted by Gasteiger charge is 2.11. The Labute approximate surface area is 128 Å². The summed E-state index contributed by atoms with van der Waals surface area (Å²) in [5.41, 5.74) is 1.46. The van der Waals surface area contributed by atoms with Gasteiger partial charge in [0.1, 0.15) is 0 Å². The summed E-state index contributed by atoms with van der Waals surface area (Å²) >= 11 is 0. The van der Waals surface area contributed by atoms with E-state index in [2.05, 4.69) is 48.3 Å². The zero-order chi connectivity index (χ0) is 15.7. The lowest BCUT2D eigenvalue weighted by molar-refractivity contribution is 0.0952. The fourth-order valence-corrected chi connectivity index (χ4v) is 1.87. The molecule has 0 saturated heterocycles. The van der Waals surface area contributed by atoms with E-state index in [-0.39, 0.29) is 5.91 Å². The van der Waals surface area contributed by atoms with Crippen molar-refractivity contribution in [3.63, 3.8) is 0 Å². The Hall–Kier alpha value is -1.62. The maximum absolute atomic E-state index is 12.2. The second kappa shape index (κ2) is 9.34. The highest BCUT2D eigenvalue weighted by Crippen LogP contribution is 2.13. The van der Waals surface area contributed by atoms with Crippen LogP contribution in [-0.4, -0.2) is 48.5 Å². The molecule has 0 aliphatic rings. The molecule has 0 radical (unpaired) electrons. The van der Waals surface area contributed by atoms with Gasteiger partial charge in [-0.05, 0) is 46.3 Å². The minimum Gasteiger partial charge on any atom is -0.384 e. The van der Waals surface area contributed by atoms with E-state index in [1.807, 2.05) is 6.07 Å². The van der Waals surface area contributed by atoms with Crippen molar-refractivity contribution in [2.24, 2.45) is 0 Å². The van der Waals surface area contributed by atoms with E-state index in [1.54, 1.807) is 12.4 Å². The number of rotatable bonds is 9. The van der Waals surface area contributed by atoms with Gasteiger partial charge in [0, 0.05) is 31.5 Å². The van der Waals surface area contributed by atoms with Crippen LogP contribution in [0.1, 0.15) is 44.0 Å². The number of hydrogen-bond donors (Lipinski definition) is 2. The molecule has 1 heterocycles. The molecule has 1 rings (SSSR count). The Morgan fingerprint density at radius 3 is 2.81 bits per heavy atom. The SMILES string of the molecule is CCCNc1ccncc1C(=O)NCCCN(C)C(C)C. The quantitative estimate of drug-likeness (QED) is 0.686. The summed E-state index contributed by atoms with van der Waals surface area (Å²) in [4.78, 5) is 18.5. The van der Waals surface area contributed by atoms with Crippen molar-refractivity contribution in [2.45, 2.75) is 39.7 Å². The van der Waals surface area contributed by atoms with Gasteiger partial charge in [0.15, 0.2) is 0 Å². The lowest BCUT2D eigenvalue weighted by Gasteiger charge is -2.20. The number of hydrogen-bond acceptors (Lipinski definition) is 4. The van der Waals surface area contributed by atoms with Gasteiger partial charge in [0.25, 0.3) is 5.91 Å². The first-order valence-electron chi connectivity index (χ1n) is 7.72. The lowest BCUT2D eigenvalue weighted by atomic mass is 10.2. The smallest absolute Gasteiger partial charge is 0.254 e. The van der Waals surface area contributed by atoms with Gasteiger partial charge in [-0.2, -0.15) is 0 Å². The van der Waals surface area contributed by atoms with Gasteiger partial charge in [-0.1, -0.05) is 6.92 Å². The summed E-state index contributed by atoms with van der Waals surface area (Å²) in [6.45, 7) is 8.94. The predicted molar refractivity (Wildman–Crippen MR) is 87.7 cm³/mol. The summed E-state index contributed by atoms with van der Waals surface area (Å²) in [5.74, 6) is -0.0612. The molecule has 5 heteroatoms. The number of carbonyl (C=O) groups excluding carboxylic acids is 1. The molecule has 0 aromatic carbocycles. The lowest BCUT2D eigenvalue weighted by Crippen LogP contribution is -2.31. The molecule has 0 saturated carbocycles. The summed E-state index contributed by atoms with van der Waals surface area (Å²) in [6.07, 6.45) is 5.28. The zero-order valence-corrected chi connectivity index (χ0v) is 13.6. The van der Waals surface area contributed by atoms with E-state index in [4.69, 9.17) is 0 Å². The van der Waals surface area contributed by atoms with Crippen molar-refractivity contribution in [3.8, 4) is 0 Å². The van der Waals surface area contributed by atoms with Gasteiger partial charge in [-0.3, -0.25) is 9.78 Å². The van der Waals surface area contributed by atoms with Gasteiger partial charge in [-0.25, -0.2) is 0 Å². The average molecular weight is 292 g/mol. The van der Waals surface area contributed by atoms with Crippen molar-refractivity contribution < 1.29 is 4.79 Å². The second-order valence-electron chi connectivity index (χ2n) is 5.53. The van der Waals surface area contributed by atoms with Crippen LogP contribution in [0.5, 0.6) is 0 Å². The molecule has 0 aliphatic heterocycles. The fourth-order valence-electron chi connectivity index (χ4n) is 1.87. The normalized spacial score (nSPS) is 11.0. The number of amides is 1. The molecule has 1 aromatic rings. The van der Waals surface area contributed by atoms with E-state index in [0.717, 1.165) is 31.6 Å². The maximum Gasteiger partial charge on any atom is 0.254 e. The molecule has 0 bridgehead atoms. The maximum atomic E-state index is 12.2. The fraction of sp³-hybridized carbons (Fsp3) is 0.625. The largest absolute Gasteiger partial charge is 0.384 e. The van der Waals surface area contributed by atoms with Crippen LogP contribution in [0.25, 0.3) is 0 Å². The Kier molecular flexibility index (Phi) is 7.75. The highest BCUT2D eigenvalue weighted by molar-refractivity contribution is 5.99. The molecule has 0 aliphatic carbocycles. The van der Waals surface area contributed by atoms with Crippen molar-refractivity contribution in [3.05, 3.63) is 24.0 Å². The van der Waals surface area contributed by atoms with Gasteiger partial charge in [-0.15, -0.1) is 0 Å². The Morgan fingerprint density at radius 1 is 1.38 bits per heavy atom. The molecule has 118 valence electrons. The van der Waals surface area contributed by atoms with Crippen molar-refractivity contribution in [1.82, 2.24) is 15.2 Å². The first kappa shape index (κ1) is 17.4. The van der Waals surface area contributed by atoms with Crippen molar-refractivity contribution in [2.75, 3.05) is 32.0 Å². The first-order chi connectivity index (χ1) is 10.1. The van der Waals surface area contributed by atoms with Crippen LogP contribution in [0, 0.1) is 0 Å². The van der Waals surface area contributed by atoms with Crippen LogP contribution in [0.4, 0.5) is 5.69 Å². The number of aromatic nitrogens is 1. The predicted octanol–water partition coefficient (Wildman–Crippen LogP) is 2.36. The molecule has 5 nitrogen and oxygen atoms in total.